The van der Waals surface area contributed by atoms with Crippen molar-refractivity contribution < 1.29 is 4.79 Å². The van der Waals surface area contributed by atoms with E-state index >= 15 is 0 Å². The fourth-order valence-corrected chi connectivity index (χ4v) is 2.69. The van der Waals surface area contributed by atoms with Gasteiger partial charge < -0.3 is 5.32 Å². The van der Waals surface area contributed by atoms with E-state index in [1.807, 2.05) is 73.7 Å². The molecule has 3 aromatic rings. The van der Waals surface area contributed by atoms with Crippen LogP contribution in [0, 0.1) is 6.92 Å². The Morgan fingerprint density at radius 1 is 0.917 bits per heavy atom. The zero-order valence-corrected chi connectivity index (χ0v) is 14.2. The third-order valence-corrected chi connectivity index (χ3v) is 4.18. The van der Waals surface area contributed by atoms with Gasteiger partial charge in [-0.25, -0.2) is 0 Å². The number of hydrogen-bond acceptors (Lipinski definition) is 1. The summed E-state index contributed by atoms with van der Waals surface area (Å²) in [4.78, 5) is 12.3. The summed E-state index contributed by atoms with van der Waals surface area (Å²) >= 11 is 5.96. The van der Waals surface area contributed by atoms with Gasteiger partial charge in [0.05, 0.1) is 0 Å². The molecule has 0 radical (unpaired) electrons. The summed E-state index contributed by atoms with van der Waals surface area (Å²) in [6, 6.07) is 23.3. The molecule has 3 aromatic carbocycles. The fraction of sp³-hybridized carbons (Fsp3) is 0.0952. The second kappa shape index (κ2) is 7.33. The quantitative estimate of drug-likeness (QED) is 0.693. The monoisotopic (exact) mass is 335 g/mol. The average molecular weight is 336 g/mol. The van der Waals surface area contributed by atoms with Gasteiger partial charge in [-0.05, 0) is 47.9 Å². The molecule has 120 valence electrons. The van der Waals surface area contributed by atoms with Crippen LogP contribution in [-0.4, -0.2) is 5.91 Å². The van der Waals surface area contributed by atoms with Crippen LogP contribution in [0.15, 0.2) is 72.8 Å². The third kappa shape index (κ3) is 3.84. The third-order valence-electron chi connectivity index (χ3n) is 3.93. The Kier molecular flexibility index (Phi) is 4.97. The Labute approximate surface area is 147 Å². The normalized spacial score (nSPS) is 10.4. The van der Waals surface area contributed by atoms with Crippen LogP contribution in [0.5, 0.6) is 0 Å². The van der Waals surface area contributed by atoms with Gasteiger partial charge in [-0.1, -0.05) is 65.7 Å². The highest BCUT2D eigenvalue weighted by molar-refractivity contribution is 6.30. The lowest BCUT2D eigenvalue weighted by Gasteiger charge is -2.11. The Morgan fingerprint density at radius 2 is 1.58 bits per heavy atom. The van der Waals surface area contributed by atoms with Gasteiger partial charge in [0.25, 0.3) is 5.91 Å². The van der Waals surface area contributed by atoms with E-state index in [0.717, 1.165) is 22.3 Å². The highest BCUT2D eigenvalue weighted by Crippen LogP contribution is 2.25. The summed E-state index contributed by atoms with van der Waals surface area (Å²) in [6.45, 7) is 2.48. The average Bonchev–Trinajstić information content (AvgIpc) is 2.61. The van der Waals surface area contributed by atoms with Crippen LogP contribution < -0.4 is 5.32 Å². The van der Waals surface area contributed by atoms with Crippen molar-refractivity contribution in [1.82, 2.24) is 5.32 Å². The summed E-state index contributed by atoms with van der Waals surface area (Å²) in [5.41, 5.74) is 5.06. The molecule has 3 rings (SSSR count). The summed E-state index contributed by atoms with van der Waals surface area (Å²) in [5.74, 6) is -0.0686. The molecule has 0 saturated heterocycles. The van der Waals surface area contributed by atoms with Gasteiger partial charge in [-0.2, -0.15) is 0 Å². The predicted octanol–water partition coefficient (Wildman–Crippen LogP) is 5.25. The maximum atomic E-state index is 12.3. The lowest BCUT2D eigenvalue weighted by molar-refractivity contribution is 0.0951. The topological polar surface area (TPSA) is 29.1 Å². The molecule has 1 N–H and O–H groups in total. The number of aryl methyl sites for hydroxylation is 1. The van der Waals surface area contributed by atoms with Gasteiger partial charge in [0.15, 0.2) is 0 Å². The van der Waals surface area contributed by atoms with Crippen LogP contribution in [0.2, 0.25) is 5.02 Å². The maximum Gasteiger partial charge on any atom is 0.251 e. The minimum Gasteiger partial charge on any atom is -0.348 e. The highest BCUT2D eigenvalue weighted by Gasteiger charge is 2.08. The molecule has 1 amide bonds. The molecule has 0 bridgehead atoms. The van der Waals surface area contributed by atoms with E-state index in [1.165, 1.54) is 0 Å². The van der Waals surface area contributed by atoms with Crippen molar-refractivity contribution in [3.8, 4) is 11.1 Å². The Bertz CT molecular complexity index is 838. The van der Waals surface area contributed by atoms with E-state index in [9.17, 15) is 4.79 Å². The molecule has 0 unspecified atom stereocenters. The van der Waals surface area contributed by atoms with Crippen molar-refractivity contribution in [1.29, 1.82) is 0 Å². The van der Waals surface area contributed by atoms with Crippen LogP contribution in [-0.2, 0) is 6.54 Å². The smallest absolute Gasteiger partial charge is 0.251 e. The first kappa shape index (κ1) is 16.3. The molecule has 0 aliphatic rings. The summed E-state index contributed by atoms with van der Waals surface area (Å²) in [7, 11) is 0. The number of carbonyl (C=O) groups is 1. The second-order valence-corrected chi connectivity index (χ2v) is 6.15. The zero-order chi connectivity index (χ0) is 16.9. The van der Waals surface area contributed by atoms with Crippen molar-refractivity contribution in [2.45, 2.75) is 13.5 Å². The number of carbonyl (C=O) groups excluding carboxylic acids is 1. The van der Waals surface area contributed by atoms with Crippen LogP contribution in [0.25, 0.3) is 11.1 Å². The first-order valence-corrected chi connectivity index (χ1v) is 8.20. The number of nitrogens with one attached hydrogen (secondary N) is 1. The number of amides is 1. The molecule has 0 aliphatic carbocycles. The number of benzene rings is 3. The summed E-state index contributed by atoms with van der Waals surface area (Å²) in [6.07, 6.45) is 0. The summed E-state index contributed by atoms with van der Waals surface area (Å²) in [5, 5.41) is 3.70. The summed E-state index contributed by atoms with van der Waals surface area (Å²) < 4.78 is 0. The van der Waals surface area contributed by atoms with E-state index < -0.39 is 0 Å². The predicted molar refractivity (Wildman–Crippen MR) is 99.2 cm³/mol. The first-order chi connectivity index (χ1) is 11.6. The number of halogens is 1. The van der Waals surface area contributed by atoms with Crippen LogP contribution in [0.4, 0.5) is 0 Å². The molecule has 0 spiro atoms. The highest BCUT2D eigenvalue weighted by atomic mass is 35.5. The van der Waals surface area contributed by atoms with Crippen LogP contribution in [0.1, 0.15) is 21.5 Å². The van der Waals surface area contributed by atoms with Gasteiger partial charge in [0.1, 0.15) is 0 Å². The lowest BCUT2D eigenvalue weighted by Crippen LogP contribution is -2.23. The van der Waals surface area contributed by atoms with E-state index in [0.29, 0.717) is 17.1 Å². The van der Waals surface area contributed by atoms with E-state index in [2.05, 4.69) is 11.4 Å². The van der Waals surface area contributed by atoms with Gasteiger partial charge in [-0.15, -0.1) is 0 Å². The number of rotatable bonds is 4. The maximum absolute atomic E-state index is 12.3. The van der Waals surface area contributed by atoms with Gasteiger partial charge in [0, 0.05) is 17.1 Å². The van der Waals surface area contributed by atoms with Crippen LogP contribution in [0.3, 0.4) is 0 Å². The van der Waals surface area contributed by atoms with Crippen molar-refractivity contribution in [3.05, 3.63) is 94.5 Å². The van der Waals surface area contributed by atoms with E-state index in [1.54, 1.807) is 0 Å². The van der Waals surface area contributed by atoms with Crippen molar-refractivity contribution in [3.63, 3.8) is 0 Å². The molecule has 0 saturated carbocycles. The first-order valence-electron chi connectivity index (χ1n) is 7.82. The fourth-order valence-electron chi connectivity index (χ4n) is 2.57. The lowest BCUT2D eigenvalue weighted by atomic mass is 9.99. The van der Waals surface area contributed by atoms with E-state index in [-0.39, 0.29) is 5.91 Å². The molecule has 0 aliphatic heterocycles. The zero-order valence-electron chi connectivity index (χ0n) is 13.4. The molecule has 3 heteroatoms. The molecule has 0 atom stereocenters. The van der Waals surface area contributed by atoms with Gasteiger partial charge in [0.2, 0.25) is 0 Å². The SMILES string of the molecule is Cc1ccc(C(=O)NCc2ccccc2-c2ccc(Cl)cc2)cc1. The minimum atomic E-state index is -0.0686. The van der Waals surface area contributed by atoms with Crippen LogP contribution >= 0.6 is 11.6 Å². The minimum absolute atomic E-state index is 0.0686. The van der Waals surface area contributed by atoms with Crippen molar-refractivity contribution in [2.75, 3.05) is 0 Å². The standard InChI is InChI=1S/C21H18ClNO/c1-15-6-8-17(9-7-15)21(24)23-14-18-4-2-3-5-20(18)16-10-12-19(22)13-11-16/h2-13H,14H2,1H3,(H,23,24). The molecule has 2 nitrogen and oxygen atoms in total. The molecule has 0 heterocycles. The largest absolute Gasteiger partial charge is 0.348 e. The molecule has 0 aromatic heterocycles. The molecule has 24 heavy (non-hydrogen) atoms. The van der Waals surface area contributed by atoms with E-state index in [4.69, 9.17) is 11.6 Å². The Morgan fingerprint density at radius 3 is 2.29 bits per heavy atom. The Balaban J connectivity index is 1.77. The Hall–Kier alpha value is -2.58. The van der Waals surface area contributed by atoms with Gasteiger partial charge in [-0.3, -0.25) is 4.79 Å². The number of hydrogen-bond donors (Lipinski definition) is 1. The van der Waals surface area contributed by atoms with Crippen molar-refractivity contribution >= 4 is 17.5 Å². The van der Waals surface area contributed by atoms with Gasteiger partial charge >= 0.3 is 0 Å². The molecular formula is C21H18ClNO. The second-order valence-electron chi connectivity index (χ2n) is 5.71. The van der Waals surface area contributed by atoms with Crippen molar-refractivity contribution in [2.24, 2.45) is 0 Å². The molecule has 0 fully saturated rings. The molecular weight excluding hydrogens is 318 g/mol.